The Hall–Kier alpha value is -0.340. The van der Waals surface area contributed by atoms with E-state index < -0.39 is 0 Å². The molecule has 0 bridgehead atoms. The van der Waals surface area contributed by atoms with Crippen LogP contribution >= 0.6 is 0 Å². The van der Waals surface area contributed by atoms with Crippen LogP contribution < -0.4 is 11.1 Å². The smallest absolute Gasteiger partial charge is 0.0233 e. The Balaban J connectivity index is 2.18. The van der Waals surface area contributed by atoms with Gasteiger partial charge < -0.3 is 11.1 Å². The van der Waals surface area contributed by atoms with Crippen molar-refractivity contribution in [1.29, 1.82) is 0 Å². The van der Waals surface area contributed by atoms with Crippen LogP contribution in [0.15, 0.2) is 11.6 Å². The molecule has 2 atom stereocenters. The SMILES string of the molecule is N[C@@H]1C=C2CNC[C@@H]2C1. The number of nitrogens with two attached hydrogens (primary N) is 1. The Morgan fingerprint density at radius 3 is 3.33 bits per heavy atom. The Bertz CT molecular complexity index is 151. The minimum Gasteiger partial charge on any atom is -0.324 e. The van der Waals surface area contributed by atoms with Crippen LogP contribution in [0.4, 0.5) is 0 Å². The average Bonchev–Trinajstić information content (AvgIpc) is 2.22. The summed E-state index contributed by atoms with van der Waals surface area (Å²) in [5.74, 6) is 0.778. The lowest BCUT2D eigenvalue weighted by Gasteiger charge is -2.02. The molecule has 2 rings (SSSR count). The molecule has 0 spiro atoms. The van der Waals surface area contributed by atoms with E-state index in [4.69, 9.17) is 5.73 Å². The van der Waals surface area contributed by atoms with Crippen molar-refractivity contribution >= 4 is 0 Å². The minimum atomic E-state index is 0.354. The summed E-state index contributed by atoms with van der Waals surface area (Å²) in [6.45, 7) is 2.23. The van der Waals surface area contributed by atoms with Crippen LogP contribution in [0.5, 0.6) is 0 Å². The molecule has 0 unspecified atom stereocenters. The standard InChI is InChI=1S/C7H12N2/c8-7-1-5-3-9-4-6(5)2-7/h1,6-7,9H,2-4,8H2/t6-,7+/m0/s1. The van der Waals surface area contributed by atoms with Gasteiger partial charge in [-0.05, 0) is 12.3 Å². The number of rotatable bonds is 0. The maximum Gasteiger partial charge on any atom is 0.0233 e. The second-order valence-corrected chi connectivity index (χ2v) is 2.97. The van der Waals surface area contributed by atoms with Crippen molar-refractivity contribution in [1.82, 2.24) is 5.32 Å². The average molecular weight is 124 g/mol. The maximum atomic E-state index is 5.72. The fourth-order valence-corrected chi connectivity index (χ4v) is 1.77. The lowest BCUT2D eigenvalue weighted by molar-refractivity contribution is 0.592. The topological polar surface area (TPSA) is 38.0 Å². The molecular formula is C7H12N2. The van der Waals surface area contributed by atoms with Crippen molar-refractivity contribution in [2.45, 2.75) is 12.5 Å². The molecular weight excluding hydrogens is 112 g/mol. The first-order valence-electron chi connectivity index (χ1n) is 3.53. The Kier molecular flexibility index (Phi) is 1.10. The molecule has 2 nitrogen and oxygen atoms in total. The summed E-state index contributed by atoms with van der Waals surface area (Å²) >= 11 is 0. The van der Waals surface area contributed by atoms with Crippen LogP contribution in [0.2, 0.25) is 0 Å². The minimum absolute atomic E-state index is 0.354. The highest BCUT2D eigenvalue weighted by molar-refractivity contribution is 5.22. The first kappa shape index (κ1) is 5.45. The second-order valence-electron chi connectivity index (χ2n) is 2.97. The van der Waals surface area contributed by atoms with Gasteiger partial charge in [0.1, 0.15) is 0 Å². The van der Waals surface area contributed by atoms with Crippen LogP contribution in [-0.2, 0) is 0 Å². The van der Waals surface area contributed by atoms with Gasteiger partial charge in [0.25, 0.3) is 0 Å². The molecule has 0 aromatic rings. The zero-order valence-corrected chi connectivity index (χ0v) is 5.43. The van der Waals surface area contributed by atoms with E-state index >= 15 is 0 Å². The van der Waals surface area contributed by atoms with Crippen molar-refractivity contribution in [3.63, 3.8) is 0 Å². The molecule has 1 heterocycles. The van der Waals surface area contributed by atoms with Crippen molar-refractivity contribution in [2.24, 2.45) is 11.7 Å². The molecule has 0 aromatic carbocycles. The third-order valence-electron chi connectivity index (χ3n) is 2.23. The van der Waals surface area contributed by atoms with Crippen LogP contribution in [0.1, 0.15) is 6.42 Å². The molecule has 3 N–H and O–H groups in total. The first-order chi connectivity index (χ1) is 4.36. The summed E-state index contributed by atoms with van der Waals surface area (Å²) in [6, 6.07) is 0.354. The lowest BCUT2D eigenvalue weighted by Crippen LogP contribution is -2.18. The third-order valence-corrected chi connectivity index (χ3v) is 2.23. The third kappa shape index (κ3) is 0.787. The fraction of sp³-hybridized carbons (Fsp3) is 0.714. The van der Waals surface area contributed by atoms with E-state index in [-0.39, 0.29) is 0 Å². The largest absolute Gasteiger partial charge is 0.324 e. The van der Waals surface area contributed by atoms with Crippen LogP contribution in [0, 0.1) is 5.92 Å². The van der Waals surface area contributed by atoms with E-state index in [9.17, 15) is 0 Å². The Labute approximate surface area is 55.1 Å². The van der Waals surface area contributed by atoms with E-state index in [0.717, 1.165) is 19.0 Å². The molecule has 1 aliphatic carbocycles. The van der Waals surface area contributed by atoms with Crippen molar-refractivity contribution in [3.05, 3.63) is 11.6 Å². The van der Waals surface area contributed by atoms with E-state index in [2.05, 4.69) is 11.4 Å². The zero-order valence-electron chi connectivity index (χ0n) is 5.43. The first-order valence-corrected chi connectivity index (χ1v) is 3.53. The van der Waals surface area contributed by atoms with Crippen LogP contribution in [0.3, 0.4) is 0 Å². The predicted molar refractivity (Wildman–Crippen MR) is 37.0 cm³/mol. The summed E-state index contributed by atoms with van der Waals surface area (Å²) in [5.41, 5.74) is 7.26. The molecule has 0 radical (unpaired) electrons. The van der Waals surface area contributed by atoms with E-state index in [0.29, 0.717) is 6.04 Å². The van der Waals surface area contributed by atoms with Gasteiger partial charge in [-0.1, -0.05) is 11.6 Å². The number of hydrogen-bond acceptors (Lipinski definition) is 2. The van der Waals surface area contributed by atoms with Gasteiger partial charge >= 0.3 is 0 Å². The molecule has 0 aromatic heterocycles. The van der Waals surface area contributed by atoms with E-state index in [1.165, 1.54) is 6.42 Å². The van der Waals surface area contributed by atoms with Gasteiger partial charge in [-0.15, -0.1) is 0 Å². The molecule has 0 amide bonds. The quantitative estimate of drug-likeness (QED) is 0.441. The fourth-order valence-electron chi connectivity index (χ4n) is 1.77. The summed E-state index contributed by atoms with van der Waals surface area (Å²) in [4.78, 5) is 0. The number of nitrogens with one attached hydrogen (secondary N) is 1. The van der Waals surface area contributed by atoms with Crippen molar-refractivity contribution in [3.8, 4) is 0 Å². The summed E-state index contributed by atoms with van der Waals surface area (Å²) in [7, 11) is 0. The number of hydrogen-bond donors (Lipinski definition) is 2. The molecule has 9 heavy (non-hydrogen) atoms. The summed E-state index contributed by atoms with van der Waals surface area (Å²) in [6.07, 6.45) is 3.38. The summed E-state index contributed by atoms with van der Waals surface area (Å²) in [5, 5.41) is 3.32. The second kappa shape index (κ2) is 1.82. The lowest BCUT2D eigenvalue weighted by atomic mass is 10.1. The highest BCUT2D eigenvalue weighted by Gasteiger charge is 2.27. The van der Waals surface area contributed by atoms with E-state index in [1.54, 1.807) is 5.57 Å². The highest BCUT2D eigenvalue weighted by atomic mass is 14.9. The van der Waals surface area contributed by atoms with Crippen LogP contribution in [0.25, 0.3) is 0 Å². The predicted octanol–water partition coefficient (Wildman–Crippen LogP) is -0.137. The highest BCUT2D eigenvalue weighted by Crippen LogP contribution is 2.27. The normalized spacial score (nSPS) is 40.8. The molecule has 50 valence electrons. The zero-order chi connectivity index (χ0) is 6.27. The van der Waals surface area contributed by atoms with Gasteiger partial charge in [0.05, 0.1) is 0 Å². The number of fused-ring (bicyclic) bond motifs is 1. The van der Waals surface area contributed by atoms with Gasteiger partial charge in [-0.2, -0.15) is 0 Å². The van der Waals surface area contributed by atoms with Gasteiger partial charge in [0, 0.05) is 19.1 Å². The molecule has 0 saturated carbocycles. The van der Waals surface area contributed by atoms with Gasteiger partial charge in [-0.3, -0.25) is 0 Å². The van der Waals surface area contributed by atoms with Gasteiger partial charge in [0.15, 0.2) is 0 Å². The molecule has 2 heteroatoms. The van der Waals surface area contributed by atoms with Crippen LogP contribution in [-0.4, -0.2) is 19.1 Å². The Morgan fingerprint density at radius 2 is 2.56 bits per heavy atom. The molecule has 1 aliphatic heterocycles. The molecule has 1 fully saturated rings. The van der Waals surface area contributed by atoms with Crippen molar-refractivity contribution in [2.75, 3.05) is 13.1 Å². The van der Waals surface area contributed by atoms with Gasteiger partial charge in [0.2, 0.25) is 0 Å². The van der Waals surface area contributed by atoms with E-state index in [1.807, 2.05) is 0 Å². The summed E-state index contributed by atoms with van der Waals surface area (Å²) < 4.78 is 0. The van der Waals surface area contributed by atoms with Crippen molar-refractivity contribution < 1.29 is 0 Å². The maximum absolute atomic E-state index is 5.72. The van der Waals surface area contributed by atoms with Gasteiger partial charge in [-0.25, -0.2) is 0 Å². The Morgan fingerprint density at radius 1 is 1.67 bits per heavy atom. The molecule has 2 aliphatic rings. The molecule has 1 saturated heterocycles. The monoisotopic (exact) mass is 124 g/mol.